The molecular formula is C30H31N5O2S. The number of amides is 3. The number of fused-ring (bicyclic) bond motifs is 1. The third-order valence-electron chi connectivity index (χ3n) is 6.65. The number of anilines is 3. The molecule has 2 heterocycles. The molecule has 0 aromatic heterocycles. The number of nitrogens with one attached hydrogen (secondary N) is 3. The number of carbonyl (C=O) groups is 2. The van der Waals surface area contributed by atoms with Crippen LogP contribution in [0.25, 0.3) is 0 Å². The Morgan fingerprint density at radius 2 is 1.61 bits per heavy atom. The van der Waals surface area contributed by atoms with Crippen LogP contribution in [0.15, 0.2) is 89.1 Å². The molecular weight excluding hydrogens is 494 g/mol. The van der Waals surface area contributed by atoms with Gasteiger partial charge in [-0.25, -0.2) is 9.79 Å². The molecule has 3 amide bonds. The summed E-state index contributed by atoms with van der Waals surface area (Å²) in [4.78, 5) is 33.2. The van der Waals surface area contributed by atoms with E-state index >= 15 is 0 Å². The zero-order chi connectivity index (χ0) is 26.6. The molecule has 0 aliphatic carbocycles. The normalized spacial score (nSPS) is 16.9. The van der Waals surface area contributed by atoms with Crippen LogP contribution in [0.4, 0.5) is 21.9 Å². The molecule has 2 aliphatic heterocycles. The minimum atomic E-state index is -0.312. The number of aryl methyl sites for hydroxylation is 2. The SMILES string of the molecule is CC1=C(C(=O)Nc2ccc(C)cc2C)C(c2ccc(NC(=O)Nc3ccccc3)cc2)N2CCCSC2=N1. The summed E-state index contributed by atoms with van der Waals surface area (Å²) in [6.45, 7) is 6.77. The highest BCUT2D eigenvalue weighted by Crippen LogP contribution is 2.40. The number of allylic oxidation sites excluding steroid dienone is 1. The molecule has 0 saturated carbocycles. The second-order valence-electron chi connectivity index (χ2n) is 9.53. The molecule has 3 aromatic carbocycles. The van der Waals surface area contributed by atoms with E-state index in [2.05, 4.69) is 26.9 Å². The number of amidine groups is 1. The molecule has 0 spiro atoms. The van der Waals surface area contributed by atoms with Crippen molar-refractivity contribution in [2.45, 2.75) is 33.2 Å². The van der Waals surface area contributed by atoms with Crippen molar-refractivity contribution in [3.8, 4) is 0 Å². The monoisotopic (exact) mass is 525 g/mol. The molecule has 2 aliphatic rings. The van der Waals surface area contributed by atoms with Crippen molar-refractivity contribution < 1.29 is 9.59 Å². The number of aliphatic imine (C=N–C) groups is 1. The van der Waals surface area contributed by atoms with Gasteiger partial charge in [0.1, 0.15) is 0 Å². The molecule has 0 bridgehead atoms. The molecule has 1 saturated heterocycles. The first-order valence-electron chi connectivity index (χ1n) is 12.7. The van der Waals surface area contributed by atoms with Gasteiger partial charge in [0.05, 0.1) is 17.3 Å². The van der Waals surface area contributed by atoms with Crippen LogP contribution < -0.4 is 16.0 Å². The Kier molecular flexibility index (Phi) is 7.51. The number of carbonyl (C=O) groups excluding carboxylic acids is 2. The van der Waals surface area contributed by atoms with E-state index in [1.54, 1.807) is 11.8 Å². The first kappa shape index (κ1) is 25.6. The van der Waals surface area contributed by atoms with E-state index in [0.717, 1.165) is 57.6 Å². The third-order valence-corrected chi connectivity index (χ3v) is 7.73. The van der Waals surface area contributed by atoms with Crippen molar-refractivity contribution >= 4 is 45.9 Å². The minimum Gasteiger partial charge on any atom is -0.340 e. The van der Waals surface area contributed by atoms with E-state index in [1.165, 1.54) is 0 Å². The van der Waals surface area contributed by atoms with Gasteiger partial charge in [0, 0.05) is 29.4 Å². The average molecular weight is 526 g/mol. The zero-order valence-corrected chi connectivity index (χ0v) is 22.6. The molecule has 5 rings (SSSR count). The highest BCUT2D eigenvalue weighted by Gasteiger charge is 2.37. The maximum atomic E-state index is 13.7. The molecule has 3 N–H and O–H groups in total. The van der Waals surface area contributed by atoms with Crippen molar-refractivity contribution in [1.29, 1.82) is 0 Å². The quantitative estimate of drug-likeness (QED) is 0.346. The number of rotatable bonds is 5. The Hall–Kier alpha value is -4.04. The van der Waals surface area contributed by atoms with E-state index in [1.807, 2.05) is 87.5 Å². The summed E-state index contributed by atoms with van der Waals surface area (Å²) >= 11 is 1.73. The summed E-state index contributed by atoms with van der Waals surface area (Å²) in [5.41, 5.74) is 6.69. The van der Waals surface area contributed by atoms with Crippen LogP contribution in [0.1, 0.15) is 36.1 Å². The van der Waals surface area contributed by atoms with Crippen LogP contribution in [-0.4, -0.2) is 34.3 Å². The van der Waals surface area contributed by atoms with Gasteiger partial charge in [0.25, 0.3) is 5.91 Å². The lowest BCUT2D eigenvalue weighted by molar-refractivity contribution is -0.113. The molecule has 194 valence electrons. The van der Waals surface area contributed by atoms with E-state index < -0.39 is 0 Å². The molecule has 8 heteroatoms. The predicted octanol–water partition coefficient (Wildman–Crippen LogP) is 6.71. The van der Waals surface area contributed by atoms with Crippen molar-refractivity contribution in [1.82, 2.24) is 4.90 Å². The van der Waals surface area contributed by atoms with Gasteiger partial charge in [-0.2, -0.15) is 0 Å². The lowest BCUT2D eigenvalue weighted by Crippen LogP contribution is -2.43. The molecule has 38 heavy (non-hydrogen) atoms. The largest absolute Gasteiger partial charge is 0.340 e. The predicted molar refractivity (Wildman–Crippen MR) is 157 cm³/mol. The molecule has 0 radical (unpaired) electrons. The van der Waals surface area contributed by atoms with Crippen molar-refractivity contribution in [2.24, 2.45) is 4.99 Å². The highest BCUT2D eigenvalue weighted by molar-refractivity contribution is 8.13. The molecule has 3 aromatic rings. The van der Waals surface area contributed by atoms with E-state index in [9.17, 15) is 9.59 Å². The number of benzene rings is 3. The fourth-order valence-corrected chi connectivity index (χ4v) is 5.83. The maximum absolute atomic E-state index is 13.7. The summed E-state index contributed by atoms with van der Waals surface area (Å²) in [5.74, 6) is 0.862. The number of urea groups is 1. The van der Waals surface area contributed by atoms with Crippen LogP contribution in [0.3, 0.4) is 0 Å². The second-order valence-corrected chi connectivity index (χ2v) is 10.6. The van der Waals surface area contributed by atoms with Crippen LogP contribution in [0.5, 0.6) is 0 Å². The number of hydrogen-bond acceptors (Lipinski definition) is 5. The first-order chi connectivity index (χ1) is 18.4. The lowest BCUT2D eigenvalue weighted by atomic mass is 9.93. The van der Waals surface area contributed by atoms with Crippen LogP contribution >= 0.6 is 11.8 Å². The number of para-hydroxylation sites is 1. The lowest BCUT2D eigenvalue weighted by Gasteiger charge is -2.41. The first-order valence-corrected chi connectivity index (χ1v) is 13.7. The summed E-state index contributed by atoms with van der Waals surface area (Å²) in [6.07, 6.45) is 1.02. The number of hydrogen-bond donors (Lipinski definition) is 3. The van der Waals surface area contributed by atoms with Crippen molar-refractivity contribution in [3.05, 3.63) is 101 Å². The van der Waals surface area contributed by atoms with Crippen LogP contribution in [0.2, 0.25) is 0 Å². The smallest absolute Gasteiger partial charge is 0.323 e. The van der Waals surface area contributed by atoms with Gasteiger partial charge in [-0.15, -0.1) is 0 Å². The third kappa shape index (κ3) is 5.60. The number of thioether (sulfide) groups is 1. The van der Waals surface area contributed by atoms with E-state index in [-0.39, 0.29) is 18.0 Å². The summed E-state index contributed by atoms with van der Waals surface area (Å²) < 4.78 is 0. The maximum Gasteiger partial charge on any atom is 0.323 e. The number of nitrogens with zero attached hydrogens (tertiary/aromatic N) is 2. The Balaban J connectivity index is 1.40. The second kappa shape index (κ2) is 11.1. The molecule has 1 atom stereocenters. The summed E-state index contributed by atoms with van der Waals surface area (Å²) in [5, 5.41) is 9.79. The van der Waals surface area contributed by atoms with Crippen molar-refractivity contribution in [3.63, 3.8) is 0 Å². The standard InChI is InChI=1S/C30H31N5O2S/c1-19-10-15-25(20(2)18-19)34-28(36)26-21(3)31-30-35(16-7-17-38-30)27(26)22-11-13-24(14-12-22)33-29(37)32-23-8-5-4-6-9-23/h4-6,8-15,18,27H,7,16-17H2,1-3H3,(H,34,36)(H2,32,33,37). The minimum absolute atomic E-state index is 0.151. The Bertz CT molecular complexity index is 1420. The van der Waals surface area contributed by atoms with Gasteiger partial charge in [-0.05, 0) is 68.7 Å². The van der Waals surface area contributed by atoms with Gasteiger partial charge in [0.2, 0.25) is 0 Å². The summed E-state index contributed by atoms with van der Waals surface area (Å²) in [7, 11) is 0. The Labute approximate surface area is 227 Å². The fraction of sp³-hybridized carbons (Fsp3) is 0.233. The average Bonchev–Trinajstić information content (AvgIpc) is 2.90. The van der Waals surface area contributed by atoms with Crippen molar-refractivity contribution in [2.75, 3.05) is 28.2 Å². The topological polar surface area (TPSA) is 85.8 Å². The van der Waals surface area contributed by atoms with Crippen LogP contribution in [-0.2, 0) is 4.79 Å². The molecule has 1 fully saturated rings. The Morgan fingerprint density at radius 3 is 2.32 bits per heavy atom. The molecule has 7 nitrogen and oxygen atoms in total. The van der Waals surface area contributed by atoms with E-state index in [4.69, 9.17) is 4.99 Å². The van der Waals surface area contributed by atoms with E-state index in [0.29, 0.717) is 11.3 Å². The molecule has 1 unspecified atom stereocenters. The van der Waals surface area contributed by atoms with Gasteiger partial charge in [-0.1, -0.05) is 59.8 Å². The van der Waals surface area contributed by atoms with Gasteiger partial charge < -0.3 is 20.9 Å². The van der Waals surface area contributed by atoms with Gasteiger partial charge >= 0.3 is 6.03 Å². The zero-order valence-electron chi connectivity index (χ0n) is 21.7. The highest BCUT2D eigenvalue weighted by atomic mass is 32.2. The fourth-order valence-electron chi connectivity index (χ4n) is 4.81. The Morgan fingerprint density at radius 1 is 0.895 bits per heavy atom. The van der Waals surface area contributed by atoms with Gasteiger partial charge in [-0.3, -0.25) is 4.79 Å². The van der Waals surface area contributed by atoms with Crippen LogP contribution in [0, 0.1) is 13.8 Å². The van der Waals surface area contributed by atoms with Gasteiger partial charge in [0.15, 0.2) is 5.17 Å². The summed E-state index contributed by atoms with van der Waals surface area (Å²) in [6, 6.07) is 22.4.